The topological polar surface area (TPSA) is 69.9 Å². The van der Waals surface area contributed by atoms with Crippen LogP contribution in [0.1, 0.15) is 104 Å². The van der Waals surface area contributed by atoms with Crippen LogP contribution in [0.25, 0.3) is 0 Å². The standard InChI is InChI=1S/C24H48O4/c1-3-4-5-6-7-8-9-10-11-12-13-14-15-16-17-18-19-28-23(2)24(20-25,21-26)22-27/h10-11,23,25-27H,3-9,12-22H2,1-2H3. The van der Waals surface area contributed by atoms with E-state index < -0.39 is 5.41 Å². The zero-order valence-electron chi connectivity index (χ0n) is 18.7. The molecule has 0 fully saturated rings. The van der Waals surface area contributed by atoms with Crippen LogP contribution in [-0.4, -0.2) is 47.9 Å². The van der Waals surface area contributed by atoms with Gasteiger partial charge < -0.3 is 20.1 Å². The van der Waals surface area contributed by atoms with E-state index in [1.54, 1.807) is 0 Å². The second-order valence-electron chi connectivity index (χ2n) is 8.29. The van der Waals surface area contributed by atoms with Crippen LogP contribution in [0.4, 0.5) is 0 Å². The number of hydrogen-bond donors (Lipinski definition) is 3. The molecule has 0 radical (unpaired) electrons. The maximum atomic E-state index is 9.39. The molecule has 168 valence electrons. The lowest BCUT2D eigenvalue weighted by Crippen LogP contribution is -2.45. The fourth-order valence-electron chi connectivity index (χ4n) is 3.32. The summed E-state index contributed by atoms with van der Waals surface area (Å²) in [6, 6.07) is 0. The lowest BCUT2D eigenvalue weighted by Gasteiger charge is -2.33. The normalized spacial score (nSPS) is 13.5. The van der Waals surface area contributed by atoms with Gasteiger partial charge in [0.25, 0.3) is 0 Å². The molecule has 4 nitrogen and oxygen atoms in total. The van der Waals surface area contributed by atoms with E-state index in [4.69, 9.17) is 4.74 Å². The van der Waals surface area contributed by atoms with E-state index >= 15 is 0 Å². The maximum Gasteiger partial charge on any atom is 0.0669 e. The minimum absolute atomic E-state index is 0.269. The molecule has 0 amide bonds. The average Bonchev–Trinajstić information content (AvgIpc) is 2.72. The summed E-state index contributed by atoms with van der Waals surface area (Å²) in [6.45, 7) is 3.88. The molecule has 0 saturated carbocycles. The van der Waals surface area contributed by atoms with Gasteiger partial charge in [0.15, 0.2) is 0 Å². The van der Waals surface area contributed by atoms with Crippen LogP contribution in [0, 0.1) is 5.41 Å². The van der Waals surface area contributed by atoms with Crippen molar-refractivity contribution in [2.24, 2.45) is 5.41 Å². The van der Waals surface area contributed by atoms with Gasteiger partial charge in [-0.1, -0.05) is 76.9 Å². The number of ether oxygens (including phenoxy) is 1. The molecule has 0 rings (SSSR count). The summed E-state index contributed by atoms with van der Waals surface area (Å²) in [4.78, 5) is 0. The Bertz CT molecular complexity index is 331. The van der Waals surface area contributed by atoms with Crippen molar-refractivity contribution < 1.29 is 20.1 Å². The molecule has 0 aliphatic rings. The third kappa shape index (κ3) is 13.7. The Morgan fingerprint density at radius 3 is 1.57 bits per heavy atom. The fraction of sp³-hybridized carbons (Fsp3) is 0.917. The number of rotatable bonds is 21. The van der Waals surface area contributed by atoms with Crippen LogP contribution in [0.3, 0.4) is 0 Å². The summed E-state index contributed by atoms with van der Waals surface area (Å²) in [5.74, 6) is 0. The van der Waals surface area contributed by atoms with Crippen molar-refractivity contribution in [3.8, 4) is 0 Å². The summed E-state index contributed by atoms with van der Waals surface area (Å²) < 4.78 is 5.71. The Morgan fingerprint density at radius 1 is 0.679 bits per heavy atom. The predicted molar refractivity (Wildman–Crippen MR) is 119 cm³/mol. The molecule has 0 bridgehead atoms. The molecule has 4 heteroatoms. The molecule has 0 aromatic heterocycles. The lowest BCUT2D eigenvalue weighted by atomic mass is 9.85. The van der Waals surface area contributed by atoms with Gasteiger partial charge in [-0.15, -0.1) is 0 Å². The second-order valence-corrected chi connectivity index (χ2v) is 8.29. The first-order valence-electron chi connectivity index (χ1n) is 11.8. The third-order valence-corrected chi connectivity index (χ3v) is 5.83. The monoisotopic (exact) mass is 400 g/mol. The van der Waals surface area contributed by atoms with Crippen molar-refractivity contribution in [3.05, 3.63) is 12.2 Å². The molecule has 0 aliphatic heterocycles. The van der Waals surface area contributed by atoms with Crippen LogP contribution in [0.5, 0.6) is 0 Å². The summed E-state index contributed by atoms with van der Waals surface area (Å²) in [7, 11) is 0. The first-order chi connectivity index (χ1) is 13.7. The smallest absolute Gasteiger partial charge is 0.0669 e. The SMILES string of the molecule is CCCCCCCCC=CCCCCCCCCOC(C)C(CO)(CO)CO. The predicted octanol–water partition coefficient (Wildman–Crippen LogP) is 5.39. The Morgan fingerprint density at radius 2 is 1.11 bits per heavy atom. The Labute approximate surface area is 174 Å². The van der Waals surface area contributed by atoms with Gasteiger partial charge in [-0.3, -0.25) is 0 Å². The van der Waals surface area contributed by atoms with Crippen molar-refractivity contribution >= 4 is 0 Å². The van der Waals surface area contributed by atoms with E-state index in [0.29, 0.717) is 6.61 Å². The minimum Gasteiger partial charge on any atom is -0.396 e. The van der Waals surface area contributed by atoms with E-state index in [2.05, 4.69) is 19.1 Å². The van der Waals surface area contributed by atoms with E-state index in [-0.39, 0.29) is 25.9 Å². The van der Waals surface area contributed by atoms with E-state index in [0.717, 1.165) is 12.8 Å². The zero-order valence-corrected chi connectivity index (χ0v) is 18.7. The lowest BCUT2D eigenvalue weighted by molar-refractivity contribution is -0.106. The van der Waals surface area contributed by atoms with Crippen LogP contribution in [-0.2, 0) is 4.74 Å². The highest BCUT2D eigenvalue weighted by Gasteiger charge is 2.35. The van der Waals surface area contributed by atoms with Gasteiger partial charge in [0.2, 0.25) is 0 Å². The van der Waals surface area contributed by atoms with Gasteiger partial charge in [0, 0.05) is 6.61 Å². The molecule has 0 aromatic rings. The maximum absolute atomic E-state index is 9.39. The average molecular weight is 401 g/mol. The molecule has 0 saturated heterocycles. The van der Waals surface area contributed by atoms with Crippen molar-refractivity contribution in [2.45, 2.75) is 110 Å². The largest absolute Gasteiger partial charge is 0.396 e. The first kappa shape index (κ1) is 27.6. The van der Waals surface area contributed by atoms with Crippen molar-refractivity contribution in [2.75, 3.05) is 26.4 Å². The molecule has 0 spiro atoms. The first-order valence-corrected chi connectivity index (χ1v) is 11.8. The Balaban J connectivity index is 3.41. The van der Waals surface area contributed by atoms with Crippen LogP contribution in [0.15, 0.2) is 12.2 Å². The van der Waals surface area contributed by atoms with Gasteiger partial charge in [-0.2, -0.15) is 0 Å². The Kier molecular flexibility index (Phi) is 19.6. The molecular formula is C24H48O4. The van der Waals surface area contributed by atoms with Gasteiger partial charge in [0.1, 0.15) is 0 Å². The van der Waals surface area contributed by atoms with E-state index in [1.165, 1.54) is 77.0 Å². The highest BCUT2D eigenvalue weighted by molar-refractivity contribution is 4.83. The van der Waals surface area contributed by atoms with Crippen LogP contribution >= 0.6 is 0 Å². The summed E-state index contributed by atoms with van der Waals surface area (Å²) in [5.41, 5.74) is -0.942. The summed E-state index contributed by atoms with van der Waals surface area (Å²) in [5, 5.41) is 28.2. The molecule has 3 N–H and O–H groups in total. The van der Waals surface area contributed by atoms with Gasteiger partial charge in [-0.05, 0) is 39.0 Å². The van der Waals surface area contributed by atoms with Crippen molar-refractivity contribution in [3.63, 3.8) is 0 Å². The quantitative estimate of drug-likeness (QED) is 0.178. The summed E-state index contributed by atoms with van der Waals surface area (Å²) >= 11 is 0. The highest BCUT2D eigenvalue weighted by atomic mass is 16.5. The minimum atomic E-state index is -0.942. The van der Waals surface area contributed by atoms with Gasteiger partial charge in [-0.25, -0.2) is 0 Å². The van der Waals surface area contributed by atoms with E-state index in [1.807, 2.05) is 6.92 Å². The summed E-state index contributed by atoms with van der Waals surface area (Å²) in [6.07, 6.45) is 22.3. The van der Waals surface area contributed by atoms with Crippen LogP contribution < -0.4 is 0 Å². The van der Waals surface area contributed by atoms with Gasteiger partial charge in [0.05, 0.1) is 31.3 Å². The van der Waals surface area contributed by atoms with Crippen molar-refractivity contribution in [1.82, 2.24) is 0 Å². The Hall–Kier alpha value is -0.420. The highest BCUT2D eigenvalue weighted by Crippen LogP contribution is 2.23. The molecule has 1 unspecified atom stereocenters. The molecule has 0 aliphatic carbocycles. The second kappa shape index (κ2) is 19.9. The number of allylic oxidation sites excluding steroid dienone is 2. The van der Waals surface area contributed by atoms with E-state index in [9.17, 15) is 15.3 Å². The van der Waals surface area contributed by atoms with Crippen LogP contribution in [0.2, 0.25) is 0 Å². The zero-order chi connectivity index (χ0) is 20.9. The number of aliphatic hydroxyl groups is 3. The van der Waals surface area contributed by atoms with Gasteiger partial charge >= 0.3 is 0 Å². The molecule has 0 heterocycles. The number of unbranched alkanes of at least 4 members (excludes halogenated alkanes) is 12. The third-order valence-electron chi connectivity index (χ3n) is 5.83. The van der Waals surface area contributed by atoms with Crippen molar-refractivity contribution in [1.29, 1.82) is 0 Å². The molecular weight excluding hydrogens is 352 g/mol. The molecule has 1 atom stereocenters. The number of aliphatic hydroxyl groups excluding tert-OH is 3. The fourth-order valence-corrected chi connectivity index (χ4v) is 3.32. The number of hydrogen-bond acceptors (Lipinski definition) is 4. The molecule has 28 heavy (non-hydrogen) atoms. The molecule has 0 aromatic carbocycles.